The van der Waals surface area contributed by atoms with Crippen molar-refractivity contribution in [3.05, 3.63) is 69.6 Å². The minimum atomic E-state index is -0.325. The number of fused-ring (bicyclic) bond motifs is 1. The molecule has 2 N–H and O–H groups in total. The fraction of sp³-hybridized carbons (Fsp3) is 0.217. The zero-order chi connectivity index (χ0) is 24.2. The molecule has 0 aliphatic rings. The average Bonchev–Trinajstić information content (AvgIpc) is 3.32. The number of aromatic amines is 1. The quantitative estimate of drug-likeness (QED) is 0.280. The summed E-state index contributed by atoms with van der Waals surface area (Å²) < 4.78 is 11.8. The van der Waals surface area contributed by atoms with E-state index in [1.165, 1.54) is 17.9 Å². The number of H-pyrrole nitrogens is 1. The van der Waals surface area contributed by atoms with Gasteiger partial charge in [0.1, 0.15) is 16.9 Å². The van der Waals surface area contributed by atoms with Gasteiger partial charge in [-0.1, -0.05) is 35.5 Å². The Morgan fingerprint density at radius 3 is 2.65 bits per heavy atom. The Kier molecular flexibility index (Phi) is 7.09. The number of ether oxygens (including phenoxy) is 2. The van der Waals surface area contributed by atoms with Gasteiger partial charge in [0.2, 0.25) is 5.91 Å². The average molecular weight is 500 g/mol. The van der Waals surface area contributed by atoms with E-state index < -0.39 is 0 Å². The number of hydrogen-bond donors (Lipinski definition) is 2. The van der Waals surface area contributed by atoms with E-state index in [9.17, 15) is 9.59 Å². The molecule has 34 heavy (non-hydrogen) atoms. The lowest BCUT2D eigenvalue weighted by Crippen LogP contribution is -2.29. The molecule has 9 nitrogen and oxygen atoms in total. The smallest absolute Gasteiger partial charge is 0.269 e. The Bertz CT molecular complexity index is 1390. The van der Waals surface area contributed by atoms with Crippen molar-refractivity contribution >= 4 is 40.3 Å². The Morgan fingerprint density at radius 1 is 1.21 bits per heavy atom. The fourth-order valence-electron chi connectivity index (χ4n) is 3.38. The van der Waals surface area contributed by atoms with Crippen LogP contribution in [0.2, 0.25) is 5.02 Å². The highest BCUT2D eigenvalue weighted by molar-refractivity contribution is 7.99. The van der Waals surface area contributed by atoms with Crippen molar-refractivity contribution in [2.75, 3.05) is 20.0 Å². The highest BCUT2D eigenvalue weighted by atomic mass is 35.5. The summed E-state index contributed by atoms with van der Waals surface area (Å²) in [5.41, 5.74) is 1.46. The van der Waals surface area contributed by atoms with Crippen LogP contribution in [0.1, 0.15) is 18.5 Å². The molecule has 11 heteroatoms. The number of methoxy groups -OCH3 is 2. The number of hydrogen-bond acceptors (Lipinski definition) is 7. The van der Waals surface area contributed by atoms with Gasteiger partial charge < -0.3 is 14.8 Å². The molecule has 1 unspecified atom stereocenters. The molecule has 2 aromatic heterocycles. The summed E-state index contributed by atoms with van der Waals surface area (Å²) in [7, 11) is 3.12. The monoisotopic (exact) mass is 499 g/mol. The number of amides is 1. The van der Waals surface area contributed by atoms with Crippen molar-refractivity contribution in [3.8, 4) is 17.2 Å². The maximum Gasteiger partial charge on any atom is 0.269 e. The van der Waals surface area contributed by atoms with Gasteiger partial charge in [-0.3, -0.25) is 19.3 Å². The Balaban J connectivity index is 1.57. The van der Waals surface area contributed by atoms with Crippen LogP contribution in [0.25, 0.3) is 16.7 Å². The summed E-state index contributed by atoms with van der Waals surface area (Å²) in [5.74, 6) is 1.08. The number of thioether (sulfide) groups is 1. The molecule has 1 amide bonds. The predicted octanol–water partition coefficient (Wildman–Crippen LogP) is 3.75. The molecule has 4 aromatic rings. The van der Waals surface area contributed by atoms with E-state index in [2.05, 4.69) is 20.5 Å². The van der Waals surface area contributed by atoms with Crippen LogP contribution < -0.4 is 20.3 Å². The van der Waals surface area contributed by atoms with Crippen molar-refractivity contribution in [2.45, 2.75) is 18.1 Å². The summed E-state index contributed by atoms with van der Waals surface area (Å²) in [6.07, 6.45) is 1.42. The number of carbonyl (C=O) groups excluding carboxylic acids is 1. The number of nitrogens with zero attached hydrogens (tertiary/aromatic N) is 3. The third kappa shape index (κ3) is 4.87. The lowest BCUT2D eigenvalue weighted by molar-refractivity contribution is -0.119. The first-order valence-electron chi connectivity index (χ1n) is 10.3. The van der Waals surface area contributed by atoms with E-state index in [1.807, 2.05) is 31.2 Å². The molecule has 0 spiro atoms. The summed E-state index contributed by atoms with van der Waals surface area (Å²) in [5, 5.41) is 10.6. The minimum Gasteiger partial charge on any atom is -0.497 e. The van der Waals surface area contributed by atoms with Gasteiger partial charge in [-0.15, -0.1) is 0 Å². The fourth-order valence-corrected chi connectivity index (χ4v) is 4.45. The first-order chi connectivity index (χ1) is 16.4. The molecular formula is C23H22ClN5O4S. The third-order valence-corrected chi connectivity index (χ3v) is 6.40. The highest BCUT2D eigenvalue weighted by Gasteiger charge is 2.18. The van der Waals surface area contributed by atoms with Gasteiger partial charge in [0.15, 0.2) is 10.8 Å². The Labute approximate surface area is 204 Å². The number of rotatable bonds is 8. The van der Waals surface area contributed by atoms with Crippen LogP contribution in [-0.2, 0) is 4.79 Å². The molecule has 0 radical (unpaired) electrons. The van der Waals surface area contributed by atoms with Crippen LogP contribution in [0.5, 0.6) is 11.5 Å². The second-order valence-electron chi connectivity index (χ2n) is 7.34. The van der Waals surface area contributed by atoms with Crippen LogP contribution in [0.3, 0.4) is 0 Å². The van der Waals surface area contributed by atoms with E-state index >= 15 is 0 Å². The van der Waals surface area contributed by atoms with Crippen molar-refractivity contribution < 1.29 is 14.3 Å². The number of benzene rings is 2. The SMILES string of the molecule is COc1ccc(C(C)NC(=O)CSc2nc3[nH]ncc3c(=O)n2-c2ccc(OC)c(Cl)c2)cc1. The molecule has 0 aliphatic heterocycles. The number of aromatic nitrogens is 4. The van der Waals surface area contributed by atoms with Crippen molar-refractivity contribution in [1.82, 2.24) is 25.1 Å². The Hall–Kier alpha value is -3.50. The number of nitrogens with one attached hydrogen (secondary N) is 2. The second-order valence-corrected chi connectivity index (χ2v) is 8.69. The zero-order valence-electron chi connectivity index (χ0n) is 18.7. The normalized spacial score (nSPS) is 11.9. The molecule has 1 atom stereocenters. The highest BCUT2D eigenvalue weighted by Crippen LogP contribution is 2.28. The Morgan fingerprint density at radius 2 is 1.97 bits per heavy atom. The van der Waals surface area contributed by atoms with Crippen LogP contribution in [0.15, 0.2) is 58.6 Å². The summed E-state index contributed by atoms with van der Waals surface area (Å²) in [4.78, 5) is 30.4. The van der Waals surface area contributed by atoms with Crippen molar-refractivity contribution in [1.29, 1.82) is 0 Å². The lowest BCUT2D eigenvalue weighted by atomic mass is 10.1. The van der Waals surface area contributed by atoms with Crippen LogP contribution in [0, 0.1) is 0 Å². The maximum atomic E-state index is 13.2. The van der Waals surface area contributed by atoms with Gasteiger partial charge in [0.05, 0.1) is 42.9 Å². The molecule has 2 aromatic carbocycles. The molecule has 0 aliphatic carbocycles. The third-order valence-electron chi connectivity index (χ3n) is 5.17. The summed E-state index contributed by atoms with van der Waals surface area (Å²) in [6, 6.07) is 12.3. The second kappa shape index (κ2) is 10.2. The molecule has 176 valence electrons. The molecule has 4 rings (SSSR count). The predicted molar refractivity (Wildman–Crippen MR) is 131 cm³/mol. The van der Waals surface area contributed by atoms with Crippen LogP contribution >= 0.6 is 23.4 Å². The zero-order valence-corrected chi connectivity index (χ0v) is 20.2. The van der Waals surface area contributed by atoms with Crippen molar-refractivity contribution in [3.63, 3.8) is 0 Å². The first-order valence-corrected chi connectivity index (χ1v) is 11.6. The summed E-state index contributed by atoms with van der Waals surface area (Å²) in [6.45, 7) is 1.90. The molecule has 0 fully saturated rings. The van der Waals surface area contributed by atoms with E-state index in [1.54, 1.807) is 25.3 Å². The standard InChI is InChI=1S/C23H22ClN5O4S/c1-13(14-4-7-16(32-2)8-5-14)26-20(30)12-34-23-27-21-17(11-25-28-21)22(31)29(23)15-6-9-19(33-3)18(24)10-15/h4-11,13H,12H2,1-3H3,(H,25,28)(H,26,30). The summed E-state index contributed by atoms with van der Waals surface area (Å²) >= 11 is 7.42. The largest absolute Gasteiger partial charge is 0.497 e. The maximum absolute atomic E-state index is 13.2. The van der Waals surface area contributed by atoms with Gasteiger partial charge >= 0.3 is 0 Å². The van der Waals surface area contributed by atoms with E-state index in [4.69, 9.17) is 21.1 Å². The van der Waals surface area contributed by atoms with Gasteiger partial charge in [0, 0.05) is 0 Å². The van der Waals surface area contributed by atoms with Crippen LogP contribution in [-0.4, -0.2) is 45.6 Å². The molecule has 0 saturated carbocycles. The van der Waals surface area contributed by atoms with Gasteiger partial charge in [-0.25, -0.2) is 4.98 Å². The number of carbonyl (C=O) groups is 1. The molecular weight excluding hydrogens is 478 g/mol. The van der Waals surface area contributed by atoms with Crippen molar-refractivity contribution in [2.24, 2.45) is 0 Å². The minimum absolute atomic E-state index is 0.0520. The molecule has 0 saturated heterocycles. The topological polar surface area (TPSA) is 111 Å². The van der Waals surface area contributed by atoms with Crippen LogP contribution in [0.4, 0.5) is 0 Å². The molecule has 0 bridgehead atoms. The van der Waals surface area contributed by atoms with E-state index in [-0.39, 0.29) is 23.3 Å². The number of halogens is 1. The first kappa shape index (κ1) is 23.7. The van der Waals surface area contributed by atoms with E-state index in [0.717, 1.165) is 23.1 Å². The van der Waals surface area contributed by atoms with Gasteiger partial charge in [0.25, 0.3) is 5.56 Å². The van der Waals surface area contributed by atoms with Gasteiger partial charge in [-0.05, 0) is 42.8 Å². The molecule has 2 heterocycles. The van der Waals surface area contributed by atoms with Gasteiger partial charge in [-0.2, -0.15) is 5.10 Å². The lowest BCUT2D eigenvalue weighted by Gasteiger charge is -2.16. The van der Waals surface area contributed by atoms with E-state index in [0.29, 0.717) is 32.6 Å².